The van der Waals surface area contributed by atoms with Crippen molar-refractivity contribution in [2.75, 3.05) is 9.80 Å². The van der Waals surface area contributed by atoms with E-state index in [1.807, 2.05) is 6.07 Å². The Hall–Kier alpha value is -4.50. The van der Waals surface area contributed by atoms with E-state index < -0.39 is 66.2 Å². The molecule has 222 valence electrons. The maximum Gasteiger partial charge on any atom is 0.252 e. The smallest absolute Gasteiger partial charge is 0.252 e. The molecule has 2 aromatic carbocycles. The van der Waals surface area contributed by atoms with Crippen molar-refractivity contribution in [3.8, 4) is 6.07 Å². The fourth-order valence-electron chi connectivity index (χ4n) is 5.45. The first-order valence-corrected chi connectivity index (χ1v) is 13.7. The fraction of sp³-hybridized carbons (Fsp3) is 0.300. The highest BCUT2D eigenvalue weighted by Gasteiger charge is 2.48. The molecule has 3 aromatic rings. The van der Waals surface area contributed by atoms with Crippen LogP contribution in [0.1, 0.15) is 48.4 Å². The average molecular weight is 614 g/mol. The maximum absolute atomic E-state index is 14.6. The standard InChI is InChI=1S/C30H24ClF4N5O3/c1-16-8-18(31)2-3-23(16)27(28(42)38-21-13-30(34,35)14-21)39(22-11-19(32)10-20(33)12-22)29(43)24-4-5-26(41)40(24)25-9-17(15-36)6-7-37-25/h2-3,6-12,21,24,27H,4-5,13-14H2,1H3,(H,38,42). The van der Waals surface area contributed by atoms with Crippen LogP contribution in [0.2, 0.25) is 5.02 Å². The molecule has 1 aliphatic heterocycles. The highest BCUT2D eigenvalue weighted by Crippen LogP contribution is 2.39. The third-order valence-electron chi connectivity index (χ3n) is 7.45. The fourth-order valence-corrected chi connectivity index (χ4v) is 5.68. The molecule has 2 aliphatic rings. The minimum atomic E-state index is -2.96. The molecule has 0 radical (unpaired) electrons. The van der Waals surface area contributed by atoms with Crippen molar-refractivity contribution in [3.05, 3.63) is 88.1 Å². The van der Waals surface area contributed by atoms with Gasteiger partial charge < -0.3 is 5.32 Å². The van der Waals surface area contributed by atoms with Gasteiger partial charge in [-0.3, -0.25) is 24.2 Å². The van der Waals surface area contributed by atoms with Crippen LogP contribution >= 0.6 is 11.6 Å². The van der Waals surface area contributed by atoms with Gasteiger partial charge in [0, 0.05) is 42.6 Å². The molecule has 13 heteroatoms. The number of carbonyl (C=O) groups is 3. The van der Waals surface area contributed by atoms with Crippen molar-refractivity contribution < 1.29 is 31.9 Å². The lowest BCUT2D eigenvalue weighted by molar-refractivity contribution is -0.133. The van der Waals surface area contributed by atoms with E-state index in [0.29, 0.717) is 16.7 Å². The summed E-state index contributed by atoms with van der Waals surface area (Å²) >= 11 is 6.14. The third kappa shape index (κ3) is 6.17. The number of nitrogens with zero attached hydrogens (tertiary/aromatic N) is 4. The molecule has 8 nitrogen and oxygen atoms in total. The van der Waals surface area contributed by atoms with Crippen LogP contribution in [-0.4, -0.2) is 40.7 Å². The molecule has 0 spiro atoms. The van der Waals surface area contributed by atoms with Crippen LogP contribution in [0.25, 0.3) is 0 Å². The molecule has 43 heavy (non-hydrogen) atoms. The first kappa shape index (κ1) is 30.0. The Kier molecular flexibility index (Phi) is 8.12. The van der Waals surface area contributed by atoms with Gasteiger partial charge in [-0.15, -0.1) is 0 Å². The zero-order valence-corrected chi connectivity index (χ0v) is 23.4. The lowest BCUT2D eigenvalue weighted by atomic mass is 9.87. The number of aryl methyl sites for hydroxylation is 1. The van der Waals surface area contributed by atoms with E-state index in [1.165, 1.54) is 36.5 Å². The summed E-state index contributed by atoms with van der Waals surface area (Å²) in [6, 6.07) is 7.64. The topological polar surface area (TPSA) is 106 Å². The monoisotopic (exact) mass is 613 g/mol. The van der Waals surface area contributed by atoms with Crippen molar-refractivity contribution in [2.24, 2.45) is 0 Å². The van der Waals surface area contributed by atoms with Crippen LogP contribution in [0.5, 0.6) is 0 Å². The van der Waals surface area contributed by atoms with Crippen LogP contribution in [0.15, 0.2) is 54.7 Å². The van der Waals surface area contributed by atoms with Gasteiger partial charge in [0.05, 0.1) is 17.3 Å². The van der Waals surface area contributed by atoms with Crippen LogP contribution in [-0.2, 0) is 14.4 Å². The van der Waals surface area contributed by atoms with Crippen molar-refractivity contribution in [2.45, 2.75) is 56.7 Å². The van der Waals surface area contributed by atoms with Gasteiger partial charge in [0.25, 0.3) is 11.8 Å². The Balaban J connectivity index is 1.64. The summed E-state index contributed by atoms with van der Waals surface area (Å²) in [5.74, 6) is -7.28. The van der Waals surface area contributed by atoms with Gasteiger partial charge in [-0.05, 0) is 60.9 Å². The van der Waals surface area contributed by atoms with Gasteiger partial charge in [0.1, 0.15) is 29.5 Å². The van der Waals surface area contributed by atoms with Crippen LogP contribution < -0.4 is 15.1 Å². The number of amides is 3. The molecular formula is C30H24ClF4N5O3. The number of carbonyl (C=O) groups excluding carboxylic acids is 3. The number of pyridine rings is 1. The number of nitriles is 1. The normalized spacial score (nSPS) is 18.5. The van der Waals surface area contributed by atoms with Gasteiger partial charge in [-0.1, -0.05) is 17.7 Å². The lowest BCUT2D eigenvalue weighted by Gasteiger charge is -2.39. The molecule has 1 N–H and O–H groups in total. The van der Waals surface area contributed by atoms with E-state index in [0.717, 1.165) is 21.9 Å². The number of anilines is 2. The number of rotatable bonds is 7. The molecule has 2 fully saturated rings. The first-order chi connectivity index (χ1) is 20.4. The van der Waals surface area contributed by atoms with Crippen molar-refractivity contribution in [1.29, 1.82) is 5.26 Å². The summed E-state index contributed by atoms with van der Waals surface area (Å²) in [7, 11) is 0. The molecule has 1 aromatic heterocycles. The van der Waals surface area contributed by atoms with Crippen LogP contribution in [0.4, 0.5) is 29.1 Å². The molecule has 5 rings (SSSR count). The summed E-state index contributed by atoms with van der Waals surface area (Å²) in [5.41, 5.74) is 0.482. The summed E-state index contributed by atoms with van der Waals surface area (Å²) in [6.45, 7) is 1.61. The first-order valence-electron chi connectivity index (χ1n) is 13.3. The van der Waals surface area contributed by atoms with Gasteiger partial charge in [0.15, 0.2) is 0 Å². The van der Waals surface area contributed by atoms with E-state index >= 15 is 0 Å². The van der Waals surface area contributed by atoms with Crippen molar-refractivity contribution in [1.82, 2.24) is 10.3 Å². The van der Waals surface area contributed by atoms with Crippen molar-refractivity contribution in [3.63, 3.8) is 0 Å². The quantitative estimate of drug-likeness (QED) is 0.360. The average Bonchev–Trinajstić information content (AvgIpc) is 3.31. The summed E-state index contributed by atoms with van der Waals surface area (Å²) in [5, 5.41) is 12.2. The highest BCUT2D eigenvalue weighted by molar-refractivity contribution is 6.30. The molecule has 2 unspecified atom stereocenters. The Morgan fingerprint density at radius 1 is 1.14 bits per heavy atom. The van der Waals surface area contributed by atoms with Gasteiger partial charge >= 0.3 is 0 Å². The van der Waals surface area contributed by atoms with Gasteiger partial charge in [-0.25, -0.2) is 22.5 Å². The highest BCUT2D eigenvalue weighted by atomic mass is 35.5. The zero-order valence-electron chi connectivity index (χ0n) is 22.7. The molecule has 1 saturated carbocycles. The minimum absolute atomic E-state index is 0.00523. The predicted octanol–water partition coefficient (Wildman–Crippen LogP) is 5.38. The molecule has 1 aliphatic carbocycles. The Morgan fingerprint density at radius 3 is 2.47 bits per heavy atom. The van der Waals surface area contributed by atoms with Crippen LogP contribution in [0.3, 0.4) is 0 Å². The Labute approximate surface area is 248 Å². The molecular weight excluding hydrogens is 590 g/mol. The minimum Gasteiger partial charge on any atom is -0.351 e. The largest absolute Gasteiger partial charge is 0.351 e. The number of hydrogen-bond donors (Lipinski definition) is 1. The third-order valence-corrected chi connectivity index (χ3v) is 7.69. The number of nitrogens with one attached hydrogen (secondary N) is 1. The lowest BCUT2D eigenvalue weighted by Crippen LogP contribution is -2.56. The second-order valence-electron chi connectivity index (χ2n) is 10.5. The van der Waals surface area contributed by atoms with E-state index in [9.17, 15) is 37.2 Å². The SMILES string of the molecule is Cc1cc(Cl)ccc1C(C(=O)NC1CC(F)(F)C1)N(C(=O)C1CCC(=O)N1c1cc(C#N)ccn1)c1cc(F)cc(F)c1. The van der Waals surface area contributed by atoms with Crippen LogP contribution in [0, 0.1) is 29.9 Å². The number of hydrogen-bond acceptors (Lipinski definition) is 5. The van der Waals surface area contributed by atoms with E-state index in [2.05, 4.69) is 10.3 Å². The molecule has 2 heterocycles. The van der Waals surface area contributed by atoms with Gasteiger partial charge in [-0.2, -0.15) is 5.26 Å². The molecule has 2 atom stereocenters. The molecule has 3 amide bonds. The number of benzene rings is 2. The maximum atomic E-state index is 14.6. The van der Waals surface area contributed by atoms with E-state index in [-0.39, 0.29) is 35.5 Å². The Bertz CT molecular complexity index is 1630. The summed E-state index contributed by atoms with van der Waals surface area (Å²) in [6.07, 6.45) is -0.0529. The number of halogens is 5. The number of aromatic nitrogens is 1. The van der Waals surface area contributed by atoms with Gasteiger partial charge in [0.2, 0.25) is 11.8 Å². The summed E-state index contributed by atoms with van der Waals surface area (Å²) in [4.78, 5) is 47.5. The Morgan fingerprint density at radius 2 is 1.84 bits per heavy atom. The molecule has 1 saturated heterocycles. The molecule has 0 bridgehead atoms. The van der Waals surface area contributed by atoms with Crippen molar-refractivity contribution >= 4 is 40.8 Å². The summed E-state index contributed by atoms with van der Waals surface area (Å²) < 4.78 is 56.4. The zero-order chi connectivity index (χ0) is 31.1. The predicted molar refractivity (Wildman–Crippen MR) is 148 cm³/mol. The second kappa shape index (κ2) is 11.6. The number of alkyl halides is 2. The van der Waals surface area contributed by atoms with E-state index in [1.54, 1.807) is 6.92 Å². The van der Waals surface area contributed by atoms with E-state index in [4.69, 9.17) is 11.6 Å². The second-order valence-corrected chi connectivity index (χ2v) is 11.0.